The fourth-order valence-corrected chi connectivity index (χ4v) is 2.44. The summed E-state index contributed by atoms with van der Waals surface area (Å²) in [5.41, 5.74) is 1.18. The minimum absolute atomic E-state index is 0.422. The molecule has 0 fully saturated rings. The van der Waals surface area contributed by atoms with Crippen LogP contribution in [-0.4, -0.2) is 28.3 Å². The van der Waals surface area contributed by atoms with Gasteiger partial charge in [0, 0.05) is 18.1 Å². The van der Waals surface area contributed by atoms with Gasteiger partial charge in [-0.3, -0.25) is 4.68 Å². The van der Waals surface area contributed by atoms with Crippen LogP contribution in [-0.2, 0) is 11.2 Å². The van der Waals surface area contributed by atoms with Gasteiger partial charge >= 0.3 is 0 Å². The molecule has 1 unspecified atom stereocenters. The number of hydrogen-bond acceptors (Lipinski definition) is 2. The first kappa shape index (κ1) is 14.7. The number of hydrogen-bond donors (Lipinski definition) is 0. The maximum Gasteiger partial charge on any atom is 0.0625 e. The Bertz CT molecular complexity index is 310. The standard InChI is InChI=1S/C13H23BrN2O/c1-4-13(5-2)16-9-8-12(15-16)7-6-11(14)10-17-3/h8-9,11,13H,4-7,10H2,1-3H3. The highest BCUT2D eigenvalue weighted by Gasteiger charge is 2.09. The molecule has 98 valence electrons. The summed E-state index contributed by atoms with van der Waals surface area (Å²) in [6.07, 6.45) is 6.46. The maximum absolute atomic E-state index is 5.10. The highest BCUT2D eigenvalue weighted by Crippen LogP contribution is 2.16. The minimum Gasteiger partial charge on any atom is -0.384 e. The first-order valence-corrected chi connectivity index (χ1v) is 7.29. The number of nitrogens with zero attached hydrogens (tertiary/aromatic N) is 2. The molecule has 1 heterocycles. The van der Waals surface area contributed by atoms with Crippen LogP contribution in [0.4, 0.5) is 0 Å². The summed E-state index contributed by atoms with van der Waals surface area (Å²) in [5.74, 6) is 0. The van der Waals surface area contributed by atoms with Crippen molar-refractivity contribution in [1.82, 2.24) is 9.78 Å². The average Bonchev–Trinajstić information content (AvgIpc) is 2.77. The van der Waals surface area contributed by atoms with Crippen molar-refractivity contribution in [1.29, 1.82) is 0 Å². The quantitative estimate of drug-likeness (QED) is 0.686. The number of halogens is 1. The summed E-state index contributed by atoms with van der Waals surface area (Å²) in [6.45, 7) is 5.18. The summed E-state index contributed by atoms with van der Waals surface area (Å²) >= 11 is 3.60. The number of rotatable bonds is 8. The number of alkyl halides is 1. The molecule has 0 saturated carbocycles. The van der Waals surface area contributed by atoms with Gasteiger partial charge < -0.3 is 4.74 Å². The van der Waals surface area contributed by atoms with Gasteiger partial charge in [-0.15, -0.1) is 0 Å². The third-order valence-corrected chi connectivity index (χ3v) is 3.76. The molecule has 0 saturated heterocycles. The van der Waals surface area contributed by atoms with Crippen molar-refractivity contribution in [3.8, 4) is 0 Å². The maximum atomic E-state index is 5.10. The monoisotopic (exact) mass is 302 g/mol. The molecular weight excluding hydrogens is 280 g/mol. The second-order valence-electron chi connectivity index (χ2n) is 4.35. The zero-order valence-electron chi connectivity index (χ0n) is 11.0. The zero-order chi connectivity index (χ0) is 12.7. The Morgan fingerprint density at radius 2 is 2.12 bits per heavy atom. The molecule has 0 aliphatic carbocycles. The van der Waals surface area contributed by atoms with E-state index in [1.807, 2.05) is 0 Å². The van der Waals surface area contributed by atoms with Crippen molar-refractivity contribution >= 4 is 15.9 Å². The van der Waals surface area contributed by atoms with Crippen molar-refractivity contribution < 1.29 is 4.74 Å². The zero-order valence-corrected chi connectivity index (χ0v) is 12.6. The van der Waals surface area contributed by atoms with Gasteiger partial charge in [0.2, 0.25) is 0 Å². The molecule has 0 aromatic carbocycles. The number of aromatic nitrogens is 2. The van der Waals surface area contributed by atoms with Gasteiger partial charge in [-0.2, -0.15) is 5.10 Å². The fraction of sp³-hybridized carbons (Fsp3) is 0.769. The van der Waals surface area contributed by atoms with E-state index in [4.69, 9.17) is 4.74 Å². The summed E-state index contributed by atoms with van der Waals surface area (Å²) < 4.78 is 7.20. The number of ether oxygens (including phenoxy) is 1. The molecule has 1 rings (SSSR count). The summed E-state index contributed by atoms with van der Waals surface area (Å²) in [6, 6.07) is 2.67. The lowest BCUT2D eigenvalue weighted by Crippen LogP contribution is -2.10. The number of methoxy groups -OCH3 is 1. The van der Waals surface area contributed by atoms with Crippen LogP contribution in [0.3, 0.4) is 0 Å². The molecule has 17 heavy (non-hydrogen) atoms. The van der Waals surface area contributed by atoms with E-state index in [9.17, 15) is 0 Å². The Morgan fingerprint density at radius 3 is 2.71 bits per heavy atom. The van der Waals surface area contributed by atoms with E-state index < -0.39 is 0 Å². The van der Waals surface area contributed by atoms with Gasteiger partial charge in [0.05, 0.1) is 18.3 Å². The Hall–Kier alpha value is -0.350. The van der Waals surface area contributed by atoms with Crippen LogP contribution in [0.2, 0.25) is 0 Å². The van der Waals surface area contributed by atoms with Crippen LogP contribution < -0.4 is 0 Å². The van der Waals surface area contributed by atoms with Gasteiger partial charge in [0.15, 0.2) is 0 Å². The normalized spacial score (nSPS) is 13.2. The van der Waals surface area contributed by atoms with Crippen molar-refractivity contribution in [3.63, 3.8) is 0 Å². The second kappa shape index (κ2) is 7.88. The smallest absolute Gasteiger partial charge is 0.0625 e. The third-order valence-electron chi connectivity index (χ3n) is 3.04. The van der Waals surface area contributed by atoms with Gasteiger partial charge in [0.25, 0.3) is 0 Å². The lowest BCUT2D eigenvalue weighted by atomic mass is 10.2. The van der Waals surface area contributed by atoms with E-state index in [0.717, 1.165) is 32.3 Å². The van der Waals surface area contributed by atoms with E-state index in [0.29, 0.717) is 10.9 Å². The van der Waals surface area contributed by atoms with Crippen LogP contribution in [0.15, 0.2) is 12.3 Å². The molecule has 0 aliphatic heterocycles. The predicted octanol–water partition coefficient (Wildman–Crippen LogP) is 3.59. The van der Waals surface area contributed by atoms with Gasteiger partial charge in [-0.25, -0.2) is 0 Å². The van der Waals surface area contributed by atoms with E-state index in [1.165, 1.54) is 5.69 Å². The van der Waals surface area contributed by atoms with E-state index in [2.05, 4.69) is 51.8 Å². The predicted molar refractivity (Wildman–Crippen MR) is 74.8 cm³/mol. The van der Waals surface area contributed by atoms with Gasteiger partial charge in [0.1, 0.15) is 0 Å². The molecule has 0 radical (unpaired) electrons. The van der Waals surface area contributed by atoms with E-state index in [-0.39, 0.29) is 0 Å². The van der Waals surface area contributed by atoms with Crippen molar-refractivity contribution in [2.24, 2.45) is 0 Å². The van der Waals surface area contributed by atoms with E-state index >= 15 is 0 Å². The van der Waals surface area contributed by atoms with Crippen LogP contribution in [0.1, 0.15) is 44.8 Å². The lowest BCUT2D eigenvalue weighted by Gasteiger charge is -2.12. The molecular formula is C13H23BrN2O. The fourth-order valence-electron chi connectivity index (χ4n) is 1.95. The van der Waals surface area contributed by atoms with Gasteiger partial charge in [-0.05, 0) is 31.7 Å². The Kier molecular flexibility index (Phi) is 6.82. The summed E-state index contributed by atoms with van der Waals surface area (Å²) in [5, 5.41) is 4.64. The molecule has 1 aromatic rings. The molecule has 0 amide bonds. The molecule has 0 aliphatic rings. The van der Waals surface area contributed by atoms with Crippen LogP contribution in [0.5, 0.6) is 0 Å². The average molecular weight is 303 g/mol. The summed E-state index contributed by atoms with van der Waals surface area (Å²) in [4.78, 5) is 0.422. The Labute approximate surface area is 113 Å². The third kappa shape index (κ3) is 4.80. The van der Waals surface area contributed by atoms with Crippen LogP contribution >= 0.6 is 15.9 Å². The van der Waals surface area contributed by atoms with Crippen LogP contribution in [0, 0.1) is 0 Å². The van der Waals surface area contributed by atoms with Crippen molar-refractivity contribution in [2.75, 3.05) is 13.7 Å². The highest BCUT2D eigenvalue weighted by molar-refractivity contribution is 9.09. The minimum atomic E-state index is 0.422. The first-order valence-electron chi connectivity index (χ1n) is 6.38. The lowest BCUT2D eigenvalue weighted by molar-refractivity contribution is 0.198. The molecule has 1 atom stereocenters. The largest absolute Gasteiger partial charge is 0.384 e. The van der Waals surface area contributed by atoms with Crippen LogP contribution in [0.25, 0.3) is 0 Å². The SMILES string of the molecule is CCC(CC)n1ccc(CCC(Br)COC)n1. The molecule has 3 nitrogen and oxygen atoms in total. The van der Waals surface area contributed by atoms with Gasteiger partial charge in [-0.1, -0.05) is 29.8 Å². The second-order valence-corrected chi connectivity index (χ2v) is 5.64. The van der Waals surface area contributed by atoms with Crippen molar-refractivity contribution in [3.05, 3.63) is 18.0 Å². The molecule has 0 N–H and O–H groups in total. The molecule has 0 bridgehead atoms. The highest BCUT2D eigenvalue weighted by atomic mass is 79.9. The Morgan fingerprint density at radius 1 is 1.41 bits per heavy atom. The first-order chi connectivity index (χ1) is 8.21. The van der Waals surface area contributed by atoms with E-state index in [1.54, 1.807) is 7.11 Å². The molecule has 4 heteroatoms. The topological polar surface area (TPSA) is 27.1 Å². The molecule has 0 spiro atoms. The van der Waals surface area contributed by atoms with Crippen molar-refractivity contribution in [2.45, 2.75) is 50.4 Å². The number of aryl methyl sites for hydroxylation is 1. The Balaban J connectivity index is 2.45. The molecule has 1 aromatic heterocycles. The summed E-state index contributed by atoms with van der Waals surface area (Å²) in [7, 11) is 1.73.